The molecule has 0 rings (SSSR count). The summed E-state index contributed by atoms with van der Waals surface area (Å²) in [5.74, 6) is 0. The Kier molecular flexibility index (Phi) is 21.4. The van der Waals surface area contributed by atoms with Crippen molar-refractivity contribution in [2.24, 2.45) is 0 Å². The molecule has 0 N–H and O–H groups in total. The second-order valence-electron chi connectivity index (χ2n) is 4.07. The standard InChI is InChI=1S/C12H27O3P.Nd/c1-3-5-7-9-11-14-16(13)15-12-10-8-6-4-2;/h16H,3-12H2,1-2H3;. The van der Waals surface area contributed by atoms with E-state index in [2.05, 4.69) is 13.8 Å². The van der Waals surface area contributed by atoms with E-state index in [-0.39, 0.29) is 40.8 Å². The topological polar surface area (TPSA) is 35.5 Å². The van der Waals surface area contributed by atoms with Crippen molar-refractivity contribution in [1.29, 1.82) is 0 Å². The second-order valence-corrected chi connectivity index (χ2v) is 5.15. The van der Waals surface area contributed by atoms with Gasteiger partial charge in [-0.1, -0.05) is 52.4 Å². The van der Waals surface area contributed by atoms with Crippen LogP contribution in [0.2, 0.25) is 0 Å². The van der Waals surface area contributed by atoms with Gasteiger partial charge in [-0.15, -0.1) is 0 Å². The van der Waals surface area contributed by atoms with E-state index in [0.717, 1.165) is 25.7 Å². The van der Waals surface area contributed by atoms with Gasteiger partial charge in [-0.3, -0.25) is 4.57 Å². The SMILES string of the molecule is CCCCCCO[PH](=O)OCCCCCC.[Nd]. The molecule has 0 spiro atoms. The first-order valence-corrected chi connectivity index (χ1v) is 7.83. The quantitative estimate of drug-likeness (QED) is 0.359. The van der Waals surface area contributed by atoms with Crippen LogP contribution in [0.5, 0.6) is 0 Å². The Morgan fingerprint density at radius 2 is 1.18 bits per heavy atom. The van der Waals surface area contributed by atoms with Gasteiger partial charge in [0.05, 0.1) is 13.2 Å². The van der Waals surface area contributed by atoms with E-state index < -0.39 is 8.25 Å². The molecule has 0 unspecified atom stereocenters. The molecular formula is C12H27NdO3P. The van der Waals surface area contributed by atoms with Crippen molar-refractivity contribution in [3.63, 3.8) is 0 Å². The molecule has 0 saturated heterocycles. The maximum Gasteiger partial charge on any atom is 0.319 e. The zero-order chi connectivity index (χ0) is 12.1. The third kappa shape index (κ3) is 17.5. The van der Waals surface area contributed by atoms with Crippen LogP contribution < -0.4 is 0 Å². The Bertz CT molecular complexity index is 152. The fourth-order valence-corrected chi connectivity index (χ4v) is 2.12. The van der Waals surface area contributed by atoms with Crippen LogP contribution in [0.15, 0.2) is 0 Å². The first-order valence-electron chi connectivity index (χ1n) is 6.60. The monoisotopic (exact) mass is 392 g/mol. The molecule has 0 bridgehead atoms. The van der Waals surface area contributed by atoms with Gasteiger partial charge in [0, 0.05) is 40.8 Å². The molecule has 0 atom stereocenters. The van der Waals surface area contributed by atoms with E-state index in [1.54, 1.807) is 0 Å². The van der Waals surface area contributed by atoms with Gasteiger partial charge in [0.25, 0.3) is 0 Å². The molecule has 0 aromatic carbocycles. The van der Waals surface area contributed by atoms with Crippen molar-refractivity contribution in [3.05, 3.63) is 0 Å². The minimum absolute atomic E-state index is 0. The molecule has 0 fully saturated rings. The van der Waals surface area contributed by atoms with Crippen LogP contribution in [0.4, 0.5) is 0 Å². The van der Waals surface area contributed by atoms with Crippen LogP contribution >= 0.6 is 8.25 Å². The summed E-state index contributed by atoms with van der Waals surface area (Å²) < 4.78 is 21.5. The summed E-state index contributed by atoms with van der Waals surface area (Å²) in [5.41, 5.74) is 0. The van der Waals surface area contributed by atoms with Gasteiger partial charge in [-0.05, 0) is 12.8 Å². The minimum atomic E-state index is -2.21. The van der Waals surface area contributed by atoms with Gasteiger partial charge in [0.15, 0.2) is 0 Å². The summed E-state index contributed by atoms with van der Waals surface area (Å²) in [6.07, 6.45) is 9.16. The summed E-state index contributed by atoms with van der Waals surface area (Å²) in [4.78, 5) is 0. The number of unbranched alkanes of at least 4 members (excludes halogenated alkanes) is 6. The zero-order valence-electron chi connectivity index (χ0n) is 11.3. The minimum Gasteiger partial charge on any atom is -0.311 e. The van der Waals surface area contributed by atoms with Crippen LogP contribution in [0.3, 0.4) is 0 Å². The third-order valence-corrected chi connectivity index (χ3v) is 3.32. The van der Waals surface area contributed by atoms with Crippen LogP contribution in [0.1, 0.15) is 65.2 Å². The summed E-state index contributed by atoms with van der Waals surface area (Å²) in [6.45, 7) is 5.49. The smallest absolute Gasteiger partial charge is 0.311 e. The fourth-order valence-electron chi connectivity index (χ4n) is 1.41. The van der Waals surface area contributed by atoms with Crippen molar-refractivity contribution < 1.29 is 54.5 Å². The zero-order valence-corrected chi connectivity index (χ0v) is 15.5. The average molecular weight is 395 g/mol. The predicted octanol–water partition coefficient (Wildman–Crippen LogP) is 4.57. The summed E-state index contributed by atoms with van der Waals surface area (Å²) >= 11 is 0. The molecule has 0 aliphatic carbocycles. The van der Waals surface area contributed by atoms with Gasteiger partial charge in [-0.25, -0.2) is 0 Å². The largest absolute Gasteiger partial charge is 0.319 e. The van der Waals surface area contributed by atoms with E-state index in [0.29, 0.717) is 13.2 Å². The third-order valence-electron chi connectivity index (χ3n) is 2.44. The van der Waals surface area contributed by atoms with Crippen molar-refractivity contribution in [2.45, 2.75) is 65.2 Å². The molecule has 0 aliphatic rings. The maximum absolute atomic E-state index is 11.2. The van der Waals surface area contributed by atoms with Gasteiger partial charge in [-0.2, -0.15) is 0 Å². The van der Waals surface area contributed by atoms with E-state index >= 15 is 0 Å². The molecule has 0 radical (unpaired) electrons. The fraction of sp³-hybridized carbons (Fsp3) is 1.00. The van der Waals surface area contributed by atoms with Crippen LogP contribution in [-0.4, -0.2) is 13.2 Å². The summed E-state index contributed by atoms with van der Waals surface area (Å²) in [6, 6.07) is 0. The number of hydrogen-bond acceptors (Lipinski definition) is 3. The normalized spacial score (nSPS) is 10.5. The molecular weight excluding hydrogens is 367 g/mol. The molecule has 0 heterocycles. The van der Waals surface area contributed by atoms with Crippen LogP contribution in [0.25, 0.3) is 0 Å². The Morgan fingerprint density at radius 3 is 1.53 bits per heavy atom. The van der Waals surface area contributed by atoms with Gasteiger partial charge >= 0.3 is 8.25 Å². The Hall–Kier alpha value is 1.50. The summed E-state index contributed by atoms with van der Waals surface area (Å²) in [7, 11) is -2.21. The molecule has 3 nitrogen and oxygen atoms in total. The number of rotatable bonds is 12. The van der Waals surface area contributed by atoms with Crippen LogP contribution in [-0.2, 0) is 13.6 Å². The van der Waals surface area contributed by atoms with Crippen molar-refractivity contribution in [2.75, 3.05) is 13.2 Å². The Balaban J connectivity index is 0. The first kappa shape index (κ1) is 20.8. The second kappa shape index (κ2) is 17.5. The van der Waals surface area contributed by atoms with Gasteiger partial charge in [0.1, 0.15) is 0 Å². The molecule has 0 amide bonds. The molecule has 5 heteroatoms. The van der Waals surface area contributed by atoms with E-state index in [9.17, 15) is 4.57 Å². The van der Waals surface area contributed by atoms with Crippen molar-refractivity contribution in [3.8, 4) is 0 Å². The van der Waals surface area contributed by atoms with Crippen LogP contribution in [0, 0.1) is 40.8 Å². The van der Waals surface area contributed by atoms with Gasteiger partial charge in [0.2, 0.25) is 0 Å². The first-order chi connectivity index (χ1) is 7.81. The van der Waals surface area contributed by atoms with Crippen molar-refractivity contribution in [1.82, 2.24) is 0 Å². The molecule has 0 aliphatic heterocycles. The maximum atomic E-state index is 11.2. The molecule has 102 valence electrons. The van der Waals surface area contributed by atoms with E-state index in [1.165, 1.54) is 25.7 Å². The summed E-state index contributed by atoms with van der Waals surface area (Å²) in [5, 5.41) is 0. The Morgan fingerprint density at radius 1 is 0.765 bits per heavy atom. The predicted molar refractivity (Wildman–Crippen MR) is 69.2 cm³/mol. The van der Waals surface area contributed by atoms with Crippen molar-refractivity contribution >= 4 is 8.25 Å². The molecule has 0 aromatic heterocycles. The molecule has 0 aromatic rings. The van der Waals surface area contributed by atoms with E-state index in [4.69, 9.17) is 9.05 Å². The van der Waals surface area contributed by atoms with E-state index in [1.807, 2.05) is 0 Å². The molecule has 0 saturated carbocycles. The number of hydrogen-bond donors (Lipinski definition) is 0. The average Bonchev–Trinajstić information content (AvgIpc) is 2.28. The Labute approximate surface area is 140 Å². The van der Waals surface area contributed by atoms with Gasteiger partial charge < -0.3 is 9.05 Å². The molecule has 17 heavy (non-hydrogen) atoms.